The van der Waals surface area contributed by atoms with Crippen LogP contribution in [0.25, 0.3) is 10.9 Å². The Morgan fingerprint density at radius 3 is 2.70 bits per heavy atom. The van der Waals surface area contributed by atoms with Gasteiger partial charge in [0.25, 0.3) is 0 Å². The van der Waals surface area contributed by atoms with Gasteiger partial charge in [0.2, 0.25) is 0 Å². The number of pyridine rings is 1. The fraction of sp³-hybridized carbons (Fsp3) is 0.438. The number of nitrogens with zero attached hydrogens (tertiary/aromatic N) is 2. The molecule has 0 saturated carbocycles. The summed E-state index contributed by atoms with van der Waals surface area (Å²) in [5.74, 6) is 0. The summed E-state index contributed by atoms with van der Waals surface area (Å²) in [4.78, 5) is 6.68. The van der Waals surface area contributed by atoms with Gasteiger partial charge in [-0.05, 0) is 51.7 Å². The molecule has 2 aromatic rings. The molecule has 0 fully saturated rings. The summed E-state index contributed by atoms with van der Waals surface area (Å²) in [6, 6.07) is 7.92. The molecule has 0 atom stereocenters. The van der Waals surface area contributed by atoms with E-state index in [1.54, 1.807) is 0 Å². The smallest absolute Gasteiger partial charge is 0.0761 e. The van der Waals surface area contributed by atoms with E-state index in [9.17, 15) is 0 Å². The van der Waals surface area contributed by atoms with Gasteiger partial charge in [-0.3, -0.25) is 4.98 Å². The summed E-state index contributed by atoms with van der Waals surface area (Å²) in [5, 5.41) is 5.28. The molecule has 0 aliphatic heterocycles. The Morgan fingerprint density at radius 2 is 2.00 bits per heavy atom. The monoisotopic (exact) mass is 291 g/mol. The number of hydrogen-bond donors (Lipinski definition) is 1. The molecule has 0 saturated heterocycles. The minimum atomic E-state index is 0.121. The first kappa shape index (κ1) is 15.2. The Morgan fingerprint density at radius 1 is 1.25 bits per heavy atom. The molecule has 3 nitrogen and oxygen atoms in total. The first-order valence-electron chi connectivity index (χ1n) is 6.82. The van der Waals surface area contributed by atoms with Gasteiger partial charge in [0.15, 0.2) is 0 Å². The van der Waals surface area contributed by atoms with E-state index in [0.29, 0.717) is 0 Å². The fourth-order valence-corrected chi connectivity index (χ4v) is 2.22. The van der Waals surface area contributed by atoms with Crippen molar-refractivity contribution in [1.29, 1.82) is 0 Å². The second-order valence-corrected chi connectivity index (χ2v) is 6.32. The molecule has 1 aromatic heterocycles. The number of likely N-dealkylation sites (N-methyl/N-ethyl adjacent to an activating group) is 1. The van der Waals surface area contributed by atoms with Crippen LogP contribution in [-0.2, 0) is 6.54 Å². The Kier molecular flexibility index (Phi) is 4.63. The zero-order valence-corrected chi connectivity index (χ0v) is 13.3. The summed E-state index contributed by atoms with van der Waals surface area (Å²) in [6.45, 7) is 6.15. The molecule has 0 radical (unpaired) electrons. The van der Waals surface area contributed by atoms with Gasteiger partial charge in [-0.2, -0.15) is 0 Å². The minimum absolute atomic E-state index is 0.121. The maximum absolute atomic E-state index is 6.21. The van der Waals surface area contributed by atoms with Crippen LogP contribution in [0, 0.1) is 0 Å². The molecule has 0 aliphatic carbocycles. The first-order valence-corrected chi connectivity index (χ1v) is 7.20. The van der Waals surface area contributed by atoms with Crippen LogP contribution >= 0.6 is 11.6 Å². The van der Waals surface area contributed by atoms with Gasteiger partial charge in [0.05, 0.1) is 5.52 Å². The molecule has 1 heterocycles. The number of nitrogens with one attached hydrogen (secondary N) is 1. The maximum atomic E-state index is 6.21. The number of hydrogen-bond acceptors (Lipinski definition) is 3. The third-order valence-corrected chi connectivity index (χ3v) is 4.21. The van der Waals surface area contributed by atoms with Crippen molar-refractivity contribution in [2.45, 2.75) is 25.9 Å². The molecular weight excluding hydrogens is 270 g/mol. The second kappa shape index (κ2) is 6.08. The largest absolute Gasteiger partial charge is 0.311 e. The van der Waals surface area contributed by atoms with Crippen molar-refractivity contribution in [1.82, 2.24) is 15.2 Å². The van der Waals surface area contributed by atoms with Gasteiger partial charge < -0.3 is 10.2 Å². The number of aromatic nitrogens is 1. The fourth-order valence-electron chi connectivity index (χ4n) is 2.00. The highest BCUT2D eigenvalue weighted by Gasteiger charge is 2.19. The van der Waals surface area contributed by atoms with E-state index in [2.05, 4.69) is 43.1 Å². The summed E-state index contributed by atoms with van der Waals surface area (Å²) in [7, 11) is 4.20. The number of halogens is 1. The zero-order valence-electron chi connectivity index (χ0n) is 12.6. The first-order chi connectivity index (χ1) is 9.42. The van der Waals surface area contributed by atoms with Crippen molar-refractivity contribution in [3.05, 3.63) is 41.0 Å². The predicted molar refractivity (Wildman–Crippen MR) is 86.2 cm³/mol. The molecule has 108 valence electrons. The number of rotatable bonds is 5. The highest BCUT2D eigenvalue weighted by atomic mass is 35.5. The van der Waals surface area contributed by atoms with E-state index in [4.69, 9.17) is 11.6 Å². The van der Waals surface area contributed by atoms with Crippen molar-refractivity contribution in [2.24, 2.45) is 0 Å². The Bertz CT molecular complexity index is 593. The SMILES string of the molecule is CN(C)C(C)(C)CNCc1ccc(Cl)c2cccnc12. The number of fused-ring (bicyclic) bond motifs is 1. The van der Waals surface area contributed by atoms with E-state index in [1.807, 2.05) is 30.5 Å². The summed E-state index contributed by atoms with van der Waals surface area (Å²) < 4.78 is 0. The van der Waals surface area contributed by atoms with E-state index >= 15 is 0 Å². The molecule has 1 aromatic carbocycles. The van der Waals surface area contributed by atoms with Crippen LogP contribution in [0.15, 0.2) is 30.5 Å². The van der Waals surface area contributed by atoms with Crippen molar-refractivity contribution in [3.8, 4) is 0 Å². The lowest BCUT2D eigenvalue weighted by atomic mass is 10.0. The maximum Gasteiger partial charge on any atom is 0.0761 e. The summed E-state index contributed by atoms with van der Waals surface area (Å²) >= 11 is 6.21. The highest BCUT2D eigenvalue weighted by Crippen LogP contribution is 2.24. The second-order valence-electron chi connectivity index (χ2n) is 5.92. The standard InChI is InChI=1S/C16H22ClN3/c1-16(2,20(3)4)11-18-10-12-7-8-14(17)13-6-5-9-19-15(12)13/h5-9,18H,10-11H2,1-4H3. The molecule has 0 amide bonds. The molecule has 0 bridgehead atoms. The van der Waals surface area contributed by atoms with Gasteiger partial charge in [-0.1, -0.05) is 17.7 Å². The van der Waals surface area contributed by atoms with Crippen LogP contribution in [-0.4, -0.2) is 36.1 Å². The molecule has 2 rings (SSSR count). The topological polar surface area (TPSA) is 28.2 Å². The molecule has 1 N–H and O–H groups in total. The van der Waals surface area contributed by atoms with Crippen molar-refractivity contribution >= 4 is 22.5 Å². The predicted octanol–water partition coefficient (Wildman–Crippen LogP) is 3.32. The zero-order chi connectivity index (χ0) is 14.8. The molecular formula is C16H22ClN3. The van der Waals surface area contributed by atoms with Crippen molar-refractivity contribution in [2.75, 3.05) is 20.6 Å². The van der Waals surface area contributed by atoms with Crippen molar-refractivity contribution in [3.63, 3.8) is 0 Å². The van der Waals surface area contributed by atoms with Crippen LogP contribution in [0.3, 0.4) is 0 Å². The molecule has 20 heavy (non-hydrogen) atoms. The van der Waals surface area contributed by atoms with Gasteiger partial charge in [-0.25, -0.2) is 0 Å². The number of benzene rings is 1. The van der Waals surface area contributed by atoms with E-state index < -0.39 is 0 Å². The summed E-state index contributed by atoms with van der Waals surface area (Å²) in [6.07, 6.45) is 1.81. The van der Waals surface area contributed by atoms with Gasteiger partial charge >= 0.3 is 0 Å². The minimum Gasteiger partial charge on any atom is -0.311 e. The molecule has 4 heteroatoms. The average molecular weight is 292 g/mol. The van der Waals surface area contributed by atoms with E-state index in [1.165, 1.54) is 5.56 Å². The summed E-state index contributed by atoms with van der Waals surface area (Å²) in [5.41, 5.74) is 2.28. The molecule has 0 unspecified atom stereocenters. The Balaban J connectivity index is 2.13. The van der Waals surface area contributed by atoms with Gasteiger partial charge in [0, 0.05) is 35.2 Å². The van der Waals surface area contributed by atoms with Crippen LogP contribution in [0.5, 0.6) is 0 Å². The normalized spacial score (nSPS) is 12.3. The van der Waals surface area contributed by atoms with E-state index in [0.717, 1.165) is 29.0 Å². The molecule has 0 aliphatic rings. The van der Waals surface area contributed by atoms with Gasteiger partial charge in [-0.15, -0.1) is 0 Å². The van der Waals surface area contributed by atoms with Crippen molar-refractivity contribution < 1.29 is 0 Å². The lowest BCUT2D eigenvalue weighted by Crippen LogP contribution is -2.46. The Labute approximate surface area is 126 Å². The third-order valence-electron chi connectivity index (χ3n) is 3.88. The lowest BCUT2D eigenvalue weighted by molar-refractivity contribution is 0.190. The van der Waals surface area contributed by atoms with Crippen LogP contribution in [0.4, 0.5) is 0 Å². The van der Waals surface area contributed by atoms with Crippen LogP contribution < -0.4 is 5.32 Å². The lowest BCUT2D eigenvalue weighted by Gasteiger charge is -2.32. The average Bonchev–Trinajstić information content (AvgIpc) is 2.41. The quantitative estimate of drug-likeness (QED) is 0.916. The van der Waals surface area contributed by atoms with E-state index in [-0.39, 0.29) is 5.54 Å². The highest BCUT2D eigenvalue weighted by molar-refractivity contribution is 6.35. The van der Waals surface area contributed by atoms with Crippen LogP contribution in [0.2, 0.25) is 5.02 Å². The molecule has 0 spiro atoms. The van der Waals surface area contributed by atoms with Crippen LogP contribution in [0.1, 0.15) is 19.4 Å². The Hall–Kier alpha value is -1.16. The third kappa shape index (κ3) is 3.29. The van der Waals surface area contributed by atoms with Gasteiger partial charge in [0.1, 0.15) is 0 Å².